The number of carbonyl (C=O) groups is 2. The molecule has 1 fully saturated rings. The summed E-state index contributed by atoms with van der Waals surface area (Å²) in [6.45, 7) is 2.77. The fourth-order valence-electron chi connectivity index (χ4n) is 4.76. The van der Waals surface area contributed by atoms with E-state index in [0.29, 0.717) is 25.9 Å². The number of benzene rings is 2. The highest BCUT2D eigenvalue weighted by Crippen LogP contribution is 2.31. The maximum Gasteiger partial charge on any atom is 0.227 e. The lowest BCUT2D eigenvalue weighted by atomic mass is 9.80. The summed E-state index contributed by atoms with van der Waals surface area (Å²) in [4.78, 5) is 31.1. The molecule has 162 valence electrons. The monoisotopic (exact) mass is 416 g/mol. The normalized spacial score (nSPS) is 21.0. The van der Waals surface area contributed by atoms with E-state index in [1.807, 2.05) is 46.2 Å². The molecule has 0 bridgehead atoms. The van der Waals surface area contributed by atoms with Crippen LogP contribution in [0, 0.1) is 11.8 Å². The maximum atomic E-state index is 13.8. The molecule has 2 aromatic carbocycles. The van der Waals surface area contributed by atoms with Crippen molar-refractivity contribution in [3.63, 3.8) is 0 Å². The van der Waals surface area contributed by atoms with Crippen molar-refractivity contribution < 1.29 is 9.59 Å². The van der Waals surface area contributed by atoms with Gasteiger partial charge in [0.25, 0.3) is 0 Å². The molecule has 1 aliphatic carbocycles. The second kappa shape index (κ2) is 10.4. The van der Waals surface area contributed by atoms with Crippen molar-refractivity contribution in [1.29, 1.82) is 0 Å². The van der Waals surface area contributed by atoms with Crippen LogP contribution in [0.1, 0.15) is 43.2 Å². The number of nitrogens with zero attached hydrogens (tertiary/aromatic N) is 2. The standard InChI is InChI=1S/C27H32N2O2/c30-26(28-18-10-3-11-19-28)24-16-8-9-17-25(24)27(31)29(20-22-12-4-1-5-13-22)21-23-14-6-2-7-15-23/h1-2,4-9,12-15,24-25H,3,10-11,16-21H2. The van der Waals surface area contributed by atoms with Crippen LogP contribution in [0.3, 0.4) is 0 Å². The number of carbonyl (C=O) groups excluding carboxylic acids is 2. The van der Waals surface area contributed by atoms with Crippen LogP contribution in [-0.2, 0) is 22.7 Å². The van der Waals surface area contributed by atoms with Crippen molar-refractivity contribution in [3.8, 4) is 0 Å². The second-order valence-corrected chi connectivity index (χ2v) is 8.71. The molecular weight excluding hydrogens is 384 g/mol. The number of rotatable bonds is 6. The molecule has 1 aliphatic heterocycles. The maximum absolute atomic E-state index is 13.8. The lowest BCUT2D eigenvalue weighted by Crippen LogP contribution is -2.47. The van der Waals surface area contributed by atoms with E-state index in [4.69, 9.17) is 0 Å². The summed E-state index contributed by atoms with van der Waals surface area (Å²) in [5.41, 5.74) is 2.22. The first-order valence-corrected chi connectivity index (χ1v) is 11.5. The first-order valence-electron chi connectivity index (χ1n) is 11.5. The second-order valence-electron chi connectivity index (χ2n) is 8.71. The Kier molecular flexibility index (Phi) is 7.18. The van der Waals surface area contributed by atoms with E-state index >= 15 is 0 Å². The third kappa shape index (κ3) is 5.43. The van der Waals surface area contributed by atoms with E-state index in [1.54, 1.807) is 0 Å². The van der Waals surface area contributed by atoms with Gasteiger partial charge in [-0.2, -0.15) is 0 Å². The molecule has 4 rings (SSSR count). The smallest absolute Gasteiger partial charge is 0.227 e. The summed E-state index contributed by atoms with van der Waals surface area (Å²) in [7, 11) is 0. The minimum absolute atomic E-state index is 0.0902. The van der Waals surface area contributed by atoms with Crippen LogP contribution in [0.5, 0.6) is 0 Å². The van der Waals surface area contributed by atoms with Gasteiger partial charge in [0, 0.05) is 26.2 Å². The molecule has 0 saturated carbocycles. The largest absolute Gasteiger partial charge is 0.342 e. The first-order chi connectivity index (χ1) is 15.2. The van der Waals surface area contributed by atoms with E-state index in [9.17, 15) is 9.59 Å². The Hall–Kier alpha value is -2.88. The van der Waals surface area contributed by atoms with Crippen molar-refractivity contribution in [2.45, 2.75) is 45.2 Å². The van der Waals surface area contributed by atoms with Gasteiger partial charge in [0.05, 0.1) is 11.8 Å². The van der Waals surface area contributed by atoms with Crippen LogP contribution in [0.4, 0.5) is 0 Å². The van der Waals surface area contributed by atoms with Crippen molar-refractivity contribution in [2.24, 2.45) is 11.8 Å². The summed E-state index contributed by atoms with van der Waals surface area (Å²) in [6, 6.07) is 20.2. The van der Waals surface area contributed by atoms with E-state index in [1.165, 1.54) is 6.42 Å². The van der Waals surface area contributed by atoms with Crippen LogP contribution in [-0.4, -0.2) is 34.7 Å². The molecule has 0 spiro atoms. The van der Waals surface area contributed by atoms with E-state index in [0.717, 1.165) is 37.1 Å². The van der Waals surface area contributed by atoms with Gasteiger partial charge in [-0.15, -0.1) is 0 Å². The van der Waals surface area contributed by atoms with Gasteiger partial charge in [0.15, 0.2) is 0 Å². The summed E-state index contributed by atoms with van der Waals surface area (Å²) >= 11 is 0. The fraction of sp³-hybridized carbons (Fsp3) is 0.407. The Morgan fingerprint density at radius 1 is 0.742 bits per heavy atom. The summed E-state index contributed by atoms with van der Waals surface area (Å²) < 4.78 is 0. The zero-order chi connectivity index (χ0) is 21.5. The fourth-order valence-corrected chi connectivity index (χ4v) is 4.76. The van der Waals surface area contributed by atoms with Crippen LogP contribution < -0.4 is 0 Å². The molecule has 4 nitrogen and oxygen atoms in total. The van der Waals surface area contributed by atoms with Crippen molar-refractivity contribution in [1.82, 2.24) is 9.80 Å². The molecule has 2 atom stereocenters. The van der Waals surface area contributed by atoms with Crippen LogP contribution >= 0.6 is 0 Å². The highest BCUT2D eigenvalue weighted by atomic mass is 16.2. The van der Waals surface area contributed by atoms with Gasteiger partial charge in [0.2, 0.25) is 11.8 Å². The highest BCUT2D eigenvalue weighted by molar-refractivity contribution is 5.88. The van der Waals surface area contributed by atoms with Gasteiger partial charge in [0.1, 0.15) is 0 Å². The molecule has 0 radical (unpaired) electrons. The van der Waals surface area contributed by atoms with Gasteiger partial charge >= 0.3 is 0 Å². The van der Waals surface area contributed by atoms with E-state index in [2.05, 4.69) is 36.4 Å². The Morgan fingerprint density at radius 3 is 1.81 bits per heavy atom. The summed E-state index contributed by atoms with van der Waals surface area (Å²) in [5, 5.41) is 0. The third-order valence-electron chi connectivity index (χ3n) is 6.48. The molecular formula is C27H32N2O2. The van der Waals surface area contributed by atoms with Crippen LogP contribution in [0.2, 0.25) is 0 Å². The minimum Gasteiger partial charge on any atom is -0.342 e. The average Bonchev–Trinajstić information content (AvgIpc) is 2.84. The molecule has 1 heterocycles. The predicted molar refractivity (Wildman–Crippen MR) is 123 cm³/mol. The Bertz CT molecular complexity index is 846. The van der Waals surface area contributed by atoms with Gasteiger partial charge in [-0.1, -0.05) is 72.8 Å². The molecule has 2 unspecified atom stereocenters. The third-order valence-corrected chi connectivity index (χ3v) is 6.48. The number of hydrogen-bond acceptors (Lipinski definition) is 2. The van der Waals surface area contributed by atoms with Crippen molar-refractivity contribution in [2.75, 3.05) is 13.1 Å². The molecule has 2 amide bonds. The molecule has 1 saturated heterocycles. The van der Waals surface area contributed by atoms with Gasteiger partial charge in [-0.05, 0) is 43.2 Å². The molecule has 4 heteroatoms. The van der Waals surface area contributed by atoms with Crippen LogP contribution in [0.15, 0.2) is 72.8 Å². The SMILES string of the molecule is O=C(C1CC=CCC1C(=O)N(Cc1ccccc1)Cc1ccccc1)N1CCCCC1. The number of hydrogen-bond donors (Lipinski definition) is 0. The van der Waals surface area contributed by atoms with Crippen molar-refractivity contribution >= 4 is 11.8 Å². The average molecular weight is 417 g/mol. The lowest BCUT2D eigenvalue weighted by Gasteiger charge is -2.36. The lowest BCUT2D eigenvalue weighted by molar-refractivity contribution is -0.147. The van der Waals surface area contributed by atoms with E-state index < -0.39 is 0 Å². The van der Waals surface area contributed by atoms with Gasteiger partial charge in [-0.3, -0.25) is 9.59 Å². The number of likely N-dealkylation sites (tertiary alicyclic amines) is 1. The number of piperidine rings is 1. The molecule has 0 N–H and O–H groups in total. The van der Waals surface area contributed by atoms with Crippen LogP contribution in [0.25, 0.3) is 0 Å². The topological polar surface area (TPSA) is 40.6 Å². The molecule has 0 aromatic heterocycles. The van der Waals surface area contributed by atoms with Gasteiger partial charge < -0.3 is 9.80 Å². The Morgan fingerprint density at radius 2 is 1.26 bits per heavy atom. The predicted octanol–water partition coefficient (Wildman–Crippen LogP) is 4.81. The highest BCUT2D eigenvalue weighted by Gasteiger charge is 2.38. The molecule has 2 aromatic rings. The number of amides is 2. The zero-order valence-corrected chi connectivity index (χ0v) is 18.2. The Balaban J connectivity index is 1.55. The summed E-state index contributed by atoms with van der Waals surface area (Å²) in [5.74, 6) is -0.273. The Labute approximate surface area is 185 Å². The molecule has 31 heavy (non-hydrogen) atoms. The minimum atomic E-state index is -0.285. The zero-order valence-electron chi connectivity index (χ0n) is 18.2. The van der Waals surface area contributed by atoms with Crippen molar-refractivity contribution in [3.05, 3.63) is 83.9 Å². The molecule has 2 aliphatic rings. The van der Waals surface area contributed by atoms with Gasteiger partial charge in [-0.25, -0.2) is 0 Å². The summed E-state index contributed by atoms with van der Waals surface area (Å²) in [6.07, 6.45) is 8.79. The quantitative estimate of drug-likeness (QED) is 0.634. The first kappa shape index (κ1) is 21.4. The number of allylic oxidation sites excluding steroid dienone is 2. The van der Waals surface area contributed by atoms with E-state index in [-0.39, 0.29) is 23.7 Å².